The Morgan fingerprint density at radius 2 is 1.88 bits per heavy atom. The van der Waals surface area contributed by atoms with Crippen molar-refractivity contribution < 1.29 is 4.39 Å². The second-order valence-corrected chi connectivity index (χ2v) is 4.56. The van der Waals surface area contributed by atoms with Crippen molar-refractivity contribution >= 4 is 11.8 Å². The van der Waals surface area contributed by atoms with Crippen LogP contribution in [0.25, 0.3) is 0 Å². The van der Waals surface area contributed by atoms with Crippen molar-refractivity contribution in [1.29, 1.82) is 5.26 Å². The third kappa shape index (κ3) is 3.08. The summed E-state index contributed by atoms with van der Waals surface area (Å²) < 4.78 is 13.1. The Morgan fingerprint density at radius 1 is 1.12 bits per heavy atom. The van der Waals surface area contributed by atoms with Crippen LogP contribution in [0.1, 0.15) is 11.1 Å². The molecule has 0 heterocycles. The summed E-state index contributed by atoms with van der Waals surface area (Å²) in [5, 5.41) is 8.92. The number of nitrogens with zero attached hydrogens (tertiary/aromatic N) is 1. The monoisotopic (exact) mass is 243 g/mol. The molecule has 2 aromatic carbocycles. The Kier molecular flexibility index (Phi) is 3.79. The van der Waals surface area contributed by atoms with E-state index in [2.05, 4.69) is 6.07 Å². The Hall–Kier alpha value is -1.79. The van der Waals surface area contributed by atoms with Crippen molar-refractivity contribution in [2.75, 3.05) is 0 Å². The number of hydrogen-bond acceptors (Lipinski definition) is 2. The molecular weight excluding hydrogens is 233 g/mol. The van der Waals surface area contributed by atoms with Crippen LogP contribution in [0, 0.1) is 17.1 Å². The van der Waals surface area contributed by atoms with Crippen LogP contribution in [-0.2, 0) is 5.75 Å². The highest BCUT2D eigenvalue weighted by Crippen LogP contribution is 2.24. The normalized spacial score (nSPS) is 9.88. The number of rotatable bonds is 3. The highest BCUT2D eigenvalue weighted by atomic mass is 32.2. The lowest BCUT2D eigenvalue weighted by Crippen LogP contribution is -1.89. The van der Waals surface area contributed by atoms with Gasteiger partial charge in [0.25, 0.3) is 0 Å². The quantitative estimate of drug-likeness (QED) is 0.761. The smallest absolute Gasteiger partial charge is 0.123 e. The number of thioether (sulfide) groups is 1. The number of nitriles is 1. The van der Waals surface area contributed by atoms with E-state index in [9.17, 15) is 4.39 Å². The van der Waals surface area contributed by atoms with E-state index < -0.39 is 0 Å². The molecule has 0 atom stereocenters. The van der Waals surface area contributed by atoms with Gasteiger partial charge in [-0.2, -0.15) is 5.26 Å². The number of benzene rings is 2. The zero-order valence-electron chi connectivity index (χ0n) is 9.06. The Balaban J connectivity index is 2.14. The molecule has 0 aliphatic heterocycles. The molecule has 0 saturated carbocycles. The zero-order chi connectivity index (χ0) is 12.1. The molecule has 3 heteroatoms. The minimum absolute atomic E-state index is 0.298. The number of halogens is 1. The van der Waals surface area contributed by atoms with Gasteiger partial charge in [0.1, 0.15) is 5.82 Å². The summed E-state index contributed by atoms with van der Waals surface area (Å²) in [5.41, 5.74) is 1.27. The fourth-order valence-electron chi connectivity index (χ4n) is 1.47. The minimum atomic E-state index is -0.298. The molecule has 0 aliphatic rings. The predicted molar refractivity (Wildman–Crippen MR) is 67.1 cm³/mol. The first-order valence-corrected chi connectivity index (χ1v) is 6.14. The van der Waals surface area contributed by atoms with E-state index in [-0.39, 0.29) is 5.82 Å². The van der Waals surface area contributed by atoms with Crippen LogP contribution in [0.3, 0.4) is 0 Å². The average Bonchev–Trinajstić information content (AvgIpc) is 2.38. The van der Waals surface area contributed by atoms with Gasteiger partial charge >= 0.3 is 0 Å². The minimum Gasteiger partial charge on any atom is -0.207 e. The first kappa shape index (κ1) is 11.7. The van der Waals surface area contributed by atoms with Gasteiger partial charge in [0.2, 0.25) is 0 Å². The van der Waals surface area contributed by atoms with Crippen molar-refractivity contribution in [2.24, 2.45) is 0 Å². The van der Waals surface area contributed by atoms with Gasteiger partial charge in [-0.15, -0.1) is 11.8 Å². The fourth-order valence-corrected chi connectivity index (χ4v) is 2.38. The maximum Gasteiger partial charge on any atom is 0.123 e. The molecule has 0 amide bonds. The molecule has 2 rings (SSSR count). The van der Waals surface area contributed by atoms with Gasteiger partial charge in [-0.05, 0) is 35.9 Å². The third-order valence-electron chi connectivity index (χ3n) is 2.33. The van der Waals surface area contributed by atoms with Crippen molar-refractivity contribution in [3.8, 4) is 6.07 Å². The molecule has 0 bridgehead atoms. The Labute approximate surface area is 104 Å². The van der Waals surface area contributed by atoms with Gasteiger partial charge in [0.05, 0.1) is 11.6 Å². The highest BCUT2D eigenvalue weighted by molar-refractivity contribution is 7.98. The molecule has 1 nitrogen and oxygen atoms in total. The molecule has 0 unspecified atom stereocenters. The van der Waals surface area contributed by atoms with Crippen LogP contribution in [0.5, 0.6) is 0 Å². The molecule has 84 valence electrons. The molecule has 2 aromatic rings. The van der Waals surface area contributed by atoms with E-state index in [0.717, 1.165) is 10.5 Å². The highest BCUT2D eigenvalue weighted by Gasteiger charge is 2.04. The van der Waals surface area contributed by atoms with Crippen LogP contribution < -0.4 is 0 Å². The van der Waals surface area contributed by atoms with Crippen LogP contribution in [0.15, 0.2) is 53.4 Å². The lowest BCUT2D eigenvalue weighted by atomic mass is 10.1. The zero-order valence-corrected chi connectivity index (χ0v) is 9.88. The molecule has 0 spiro atoms. The standard InChI is InChI=1S/C14H10FNS/c15-13-7-6-11(9-16)12(8-13)10-17-14-4-2-1-3-5-14/h1-8H,10H2. The van der Waals surface area contributed by atoms with E-state index in [4.69, 9.17) is 5.26 Å². The topological polar surface area (TPSA) is 23.8 Å². The summed E-state index contributed by atoms with van der Waals surface area (Å²) in [6.07, 6.45) is 0. The van der Waals surface area contributed by atoms with Crippen LogP contribution >= 0.6 is 11.8 Å². The molecular formula is C14H10FNS. The summed E-state index contributed by atoms with van der Waals surface area (Å²) >= 11 is 1.59. The van der Waals surface area contributed by atoms with Crippen LogP contribution in [-0.4, -0.2) is 0 Å². The second kappa shape index (κ2) is 5.51. The maximum atomic E-state index is 13.1. The summed E-state index contributed by atoms with van der Waals surface area (Å²) in [5.74, 6) is 0.303. The number of hydrogen-bond donors (Lipinski definition) is 0. The van der Waals surface area contributed by atoms with E-state index in [0.29, 0.717) is 11.3 Å². The first-order valence-electron chi connectivity index (χ1n) is 5.16. The average molecular weight is 243 g/mol. The van der Waals surface area contributed by atoms with Gasteiger partial charge in [-0.1, -0.05) is 18.2 Å². The van der Waals surface area contributed by atoms with Crippen molar-refractivity contribution in [1.82, 2.24) is 0 Å². The summed E-state index contributed by atoms with van der Waals surface area (Å²) in [7, 11) is 0. The molecule has 0 fully saturated rings. The molecule has 17 heavy (non-hydrogen) atoms. The van der Waals surface area contributed by atoms with Crippen LogP contribution in [0.4, 0.5) is 4.39 Å². The summed E-state index contributed by atoms with van der Waals surface area (Å²) in [6, 6.07) is 16.2. The van der Waals surface area contributed by atoms with E-state index in [1.807, 2.05) is 30.3 Å². The second-order valence-electron chi connectivity index (χ2n) is 3.52. The van der Waals surface area contributed by atoms with E-state index >= 15 is 0 Å². The maximum absolute atomic E-state index is 13.1. The Morgan fingerprint density at radius 3 is 2.59 bits per heavy atom. The van der Waals surface area contributed by atoms with Gasteiger partial charge < -0.3 is 0 Å². The van der Waals surface area contributed by atoms with Crippen molar-refractivity contribution in [3.05, 3.63) is 65.5 Å². The lowest BCUT2D eigenvalue weighted by Gasteiger charge is -2.04. The third-order valence-corrected chi connectivity index (χ3v) is 3.39. The lowest BCUT2D eigenvalue weighted by molar-refractivity contribution is 0.626. The van der Waals surface area contributed by atoms with Gasteiger partial charge in [-0.25, -0.2) is 4.39 Å². The summed E-state index contributed by atoms with van der Waals surface area (Å²) in [6.45, 7) is 0. The fraction of sp³-hybridized carbons (Fsp3) is 0.0714. The largest absolute Gasteiger partial charge is 0.207 e. The predicted octanol–water partition coefficient (Wildman–Crippen LogP) is 3.99. The Bertz CT molecular complexity index is 546. The SMILES string of the molecule is N#Cc1ccc(F)cc1CSc1ccccc1. The molecule has 0 saturated heterocycles. The first-order chi connectivity index (χ1) is 8.29. The molecule has 0 radical (unpaired) electrons. The molecule has 0 aliphatic carbocycles. The van der Waals surface area contributed by atoms with E-state index in [1.54, 1.807) is 11.8 Å². The van der Waals surface area contributed by atoms with Crippen LogP contribution in [0.2, 0.25) is 0 Å². The van der Waals surface area contributed by atoms with Crippen molar-refractivity contribution in [3.63, 3.8) is 0 Å². The van der Waals surface area contributed by atoms with Gasteiger partial charge in [-0.3, -0.25) is 0 Å². The molecule has 0 aromatic heterocycles. The molecule has 0 N–H and O–H groups in total. The van der Waals surface area contributed by atoms with Crippen molar-refractivity contribution in [2.45, 2.75) is 10.6 Å². The van der Waals surface area contributed by atoms with Gasteiger partial charge in [0, 0.05) is 10.6 Å². The summed E-state index contributed by atoms with van der Waals surface area (Å²) in [4.78, 5) is 1.11. The van der Waals surface area contributed by atoms with Gasteiger partial charge in [0.15, 0.2) is 0 Å². The van der Waals surface area contributed by atoms with E-state index in [1.165, 1.54) is 18.2 Å².